The first-order valence-corrected chi connectivity index (χ1v) is 6.02. The maximum absolute atomic E-state index is 13.1. The molecule has 5 heteroatoms. The molecule has 0 aliphatic rings. The monoisotopic (exact) mass is 274 g/mol. The summed E-state index contributed by atoms with van der Waals surface area (Å²) in [6.07, 6.45) is 0. The van der Waals surface area contributed by atoms with Crippen LogP contribution in [0.4, 0.5) is 15.8 Å². The van der Waals surface area contributed by atoms with Crippen LogP contribution in [0.2, 0.25) is 0 Å². The molecule has 0 radical (unpaired) electrons. The largest absolute Gasteiger partial charge is 0.495 e. The zero-order valence-corrected chi connectivity index (χ0v) is 11.2. The highest BCUT2D eigenvalue weighted by Crippen LogP contribution is 2.26. The van der Waals surface area contributed by atoms with Crippen molar-refractivity contribution >= 4 is 17.3 Å². The van der Waals surface area contributed by atoms with Crippen LogP contribution >= 0.6 is 0 Å². The Hall–Kier alpha value is -2.56. The average molecular weight is 274 g/mol. The Morgan fingerprint density at radius 2 is 2.00 bits per heavy atom. The molecule has 2 rings (SSSR count). The Balaban J connectivity index is 2.25. The zero-order chi connectivity index (χ0) is 14.7. The fourth-order valence-corrected chi connectivity index (χ4v) is 1.78. The number of rotatable bonds is 3. The maximum Gasteiger partial charge on any atom is 0.255 e. The van der Waals surface area contributed by atoms with Gasteiger partial charge in [-0.05, 0) is 42.8 Å². The van der Waals surface area contributed by atoms with E-state index in [0.29, 0.717) is 11.4 Å². The third-order valence-corrected chi connectivity index (χ3v) is 2.86. The fourth-order valence-electron chi connectivity index (χ4n) is 1.78. The van der Waals surface area contributed by atoms with Gasteiger partial charge in [0.25, 0.3) is 5.91 Å². The molecule has 0 saturated carbocycles. The van der Waals surface area contributed by atoms with Gasteiger partial charge in [-0.3, -0.25) is 4.79 Å². The van der Waals surface area contributed by atoms with Crippen molar-refractivity contribution in [3.8, 4) is 5.75 Å². The number of halogens is 1. The molecule has 0 saturated heterocycles. The second-order valence-electron chi connectivity index (χ2n) is 4.39. The van der Waals surface area contributed by atoms with Crippen LogP contribution in [-0.2, 0) is 0 Å². The molecule has 104 valence electrons. The quantitative estimate of drug-likeness (QED) is 0.846. The van der Waals surface area contributed by atoms with Gasteiger partial charge in [-0.15, -0.1) is 0 Å². The Bertz CT molecular complexity index is 656. The van der Waals surface area contributed by atoms with E-state index in [2.05, 4.69) is 5.32 Å². The van der Waals surface area contributed by atoms with Gasteiger partial charge in [-0.1, -0.05) is 6.07 Å². The molecule has 20 heavy (non-hydrogen) atoms. The summed E-state index contributed by atoms with van der Waals surface area (Å²) in [5.41, 5.74) is 7.24. The molecule has 0 heterocycles. The molecule has 2 aromatic rings. The summed E-state index contributed by atoms with van der Waals surface area (Å²) in [5, 5.41) is 2.71. The van der Waals surface area contributed by atoms with Gasteiger partial charge in [0.05, 0.1) is 18.5 Å². The highest BCUT2D eigenvalue weighted by Gasteiger charge is 2.11. The number of nitrogens with two attached hydrogens (primary N) is 1. The summed E-state index contributed by atoms with van der Waals surface area (Å²) in [7, 11) is 1.53. The van der Waals surface area contributed by atoms with E-state index in [9.17, 15) is 9.18 Å². The minimum absolute atomic E-state index is 0.0616. The summed E-state index contributed by atoms with van der Waals surface area (Å²) in [6, 6.07) is 9.26. The van der Waals surface area contributed by atoms with Gasteiger partial charge >= 0.3 is 0 Å². The van der Waals surface area contributed by atoms with E-state index in [1.165, 1.54) is 19.2 Å². The first kappa shape index (κ1) is 13.9. The minimum atomic E-state index is -0.547. The first-order chi connectivity index (χ1) is 9.51. The molecule has 0 unspecified atom stereocenters. The molecule has 1 amide bonds. The standard InChI is InChI=1S/C15H15FN2O2/c1-9-3-6-13(14(7-9)20-2)18-15(19)10-4-5-11(16)12(17)8-10/h3-8H,17H2,1-2H3,(H,18,19). The van der Waals surface area contributed by atoms with Gasteiger partial charge in [-0.2, -0.15) is 0 Å². The Kier molecular flexibility index (Phi) is 3.89. The van der Waals surface area contributed by atoms with E-state index in [1.54, 1.807) is 6.07 Å². The highest BCUT2D eigenvalue weighted by molar-refractivity contribution is 6.05. The molecule has 0 spiro atoms. The number of carbonyl (C=O) groups excluding carboxylic acids is 1. The molecule has 3 N–H and O–H groups in total. The number of nitrogens with one attached hydrogen (secondary N) is 1. The van der Waals surface area contributed by atoms with Gasteiger partial charge in [0.15, 0.2) is 0 Å². The van der Waals surface area contributed by atoms with Gasteiger partial charge in [0, 0.05) is 5.56 Å². The molecular formula is C15H15FN2O2. The SMILES string of the molecule is COc1cc(C)ccc1NC(=O)c1ccc(F)c(N)c1. The molecule has 0 atom stereocenters. The van der Waals surface area contributed by atoms with E-state index in [-0.39, 0.29) is 17.2 Å². The van der Waals surface area contributed by atoms with E-state index in [1.807, 2.05) is 19.1 Å². The number of hydrogen-bond acceptors (Lipinski definition) is 3. The topological polar surface area (TPSA) is 64.3 Å². The van der Waals surface area contributed by atoms with Crippen LogP contribution in [-0.4, -0.2) is 13.0 Å². The lowest BCUT2D eigenvalue weighted by atomic mass is 10.1. The Morgan fingerprint density at radius 1 is 1.25 bits per heavy atom. The van der Waals surface area contributed by atoms with Gasteiger partial charge in [-0.25, -0.2) is 4.39 Å². The average Bonchev–Trinajstić information content (AvgIpc) is 2.43. The predicted octanol–water partition coefficient (Wildman–Crippen LogP) is 2.98. The van der Waals surface area contributed by atoms with Crippen LogP contribution in [0.3, 0.4) is 0 Å². The maximum atomic E-state index is 13.1. The molecule has 0 aliphatic heterocycles. The van der Waals surface area contributed by atoms with Crippen LogP contribution in [0.25, 0.3) is 0 Å². The van der Waals surface area contributed by atoms with Crippen LogP contribution < -0.4 is 15.8 Å². The third kappa shape index (κ3) is 2.88. The number of hydrogen-bond donors (Lipinski definition) is 2. The molecule has 0 fully saturated rings. The summed E-state index contributed by atoms with van der Waals surface area (Å²) in [4.78, 5) is 12.1. The number of methoxy groups -OCH3 is 1. The normalized spacial score (nSPS) is 10.2. The minimum Gasteiger partial charge on any atom is -0.495 e. The summed E-state index contributed by atoms with van der Waals surface area (Å²) in [6.45, 7) is 1.93. The van der Waals surface area contributed by atoms with E-state index in [0.717, 1.165) is 11.6 Å². The smallest absolute Gasteiger partial charge is 0.255 e. The van der Waals surface area contributed by atoms with Crippen molar-refractivity contribution in [1.82, 2.24) is 0 Å². The van der Waals surface area contributed by atoms with Crippen molar-refractivity contribution in [1.29, 1.82) is 0 Å². The Labute approximate surface area is 116 Å². The van der Waals surface area contributed by atoms with E-state index in [4.69, 9.17) is 10.5 Å². The summed E-state index contributed by atoms with van der Waals surface area (Å²) in [5.74, 6) is -0.359. The second-order valence-corrected chi connectivity index (χ2v) is 4.39. The van der Waals surface area contributed by atoms with Crippen molar-refractivity contribution in [2.45, 2.75) is 6.92 Å². The molecule has 4 nitrogen and oxygen atoms in total. The number of carbonyl (C=O) groups is 1. The van der Waals surface area contributed by atoms with Crippen LogP contribution in [0, 0.1) is 12.7 Å². The van der Waals surface area contributed by atoms with Gasteiger partial charge in [0.1, 0.15) is 11.6 Å². The van der Waals surface area contributed by atoms with Gasteiger partial charge in [0.2, 0.25) is 0 Å². The zero-order valence-electron chi connectivity index (χ0n) is 11.2. The third-order valence-electron chi connectivity index (χ3n) is 2.86. The van der Waals surface area contributed by atoms with Crippen molar-refractivity contribution in [2.24, 2.45) is 0 Å². The van der Waals surface area contributed by atoms with Gasteiger partial charge < -0.3 is 15.8 Å². The summed E-state index contributed by atoms with van der Waals surface area (Å²) < 4.78 is 18.3. The summed E-state index contributed by atoms with van der Waals surface area (Å²) >= 11 is 0. The number of anilines is 2. The van der Waals surface area contributed by atoms with Crippen molar-refractivity contribution in [2.75, 3.05) is 18.2 Å². The predicted molar refractivity (Wildman–Crippen MR) is 76.5 cm³/mol. The second kappa shape index (κ2) is 5.61. The Morgan fingerprint density at radius 3 is 2.65 bits per heavy atom. The van der Waals surface area contributed by atoms with Crippen molar-refractivity contribution in [3.63, 3.8) is 0 Å². The fraction of sp³-hybridized carbons (Fsp3) is 0.133. The van der Waals surface area contributed by atoms with Crippen LogP contribution in [0.1, 0.15) is 15.9 Å². The lowest BCUT2D eigenvalue weighted by Gasteiger charge is -2.11. The number of benzene rings is 2. The number of aryl methyl sites for hydroxylation is 1. The lowest BCUT2D eigenvalue weighted by molar-refractivity contribution is 0.102. The molecular weight excluding hydrogens is 259 g/mol. The molecule has 0 bridgehead atoms. The number of nitrogen functional groups attached to an aromatic ring is 1. The van der Waals surface area contributed by atoms with Crippen molar-refractivity contribution < 1.29 is 13.9 Å². The molecule has 0 aliphatic carbocycles. The van der Waals surface area contributed by atoms with E-state index >= 15 is 0 Å². The van der Waals surface area contributed by atoms with Crippen LogP contribution in [0.15, 0.2) is 36.4 Å². The molecule has 0 aromatic heterocycles. The number of amides is 1. The molecule has 2 aromatic carbocycles. The number of ether oxygens (including phenoxy) is 1. The van der Waals surface area contributed by atoms with Crippen molar-refractivity contribution in [3.05, 3.63) is 53.3 Å². The highest BCUT2D eigenvalue weighted by atomic mass is 19.1. The van der Waals surface area contributed by atoms with E-state index < -0.39 is 5.82 Å². The lowest BCUT2D eigenvalue weighted by Crippen LogP contribution is -2.13. The van der Waals surface area contributed by atoms with Crippen LogP contribution in [0.5, 0.6) is 5.75 Å². The first-order valence-electron chi connectivity index (χ1n) is 6.02.